The SMILES string of the molecule is O=C(Oc1ccc([N+](=O)[O-])cc1)N1CCC2(CC1)CC(c1cccc(Cl)c1)CO2. The number of benzene rings is 2. The van der Waals surface area contributed by atoms with Crippen LogP contribution >= 0.6 is 11.6 Å². The van der Waals surface area contributed by atoms with Crippen LogP contribution in [0.5, 0.6) is 5.75 Å². The summed E-state index contributed by atoms with van der Waals surface area (Å²) in [6, 6.07) is 13.4. The van der Waals surface area contributed by atoms with E-state index in [4.69, 9.17) is 21.1 Å². The van der Waals surface area contributed by atoms with Gasteiger partial charge in [-0.25, -0.2) is 4.79 Å². The van der Waals surface area contributed by atoms with Crippen molar-refractivity contribution in [3.63, 3.8) is 0 Å². The van der Waals surface area contributed by atoms with E-state index in [1.807, 2.05) is 18.2 Å². The Labute approximate surface area is 173 Å². The summed E-state index contributed by atoms with van der Waals surface area (Å²) in [6.45, 7) is 1.76. The maximum absolute atomic E-state index is 12.4. The zero-order valence-corrected chi connectivity index (χ0v) is 16.5. The van der Waals surface area contributed by atoms with Crippen LogP contribution in [0.25, 0.3) is 0 Å². The van der Waals surface area contributed by atoms with E-state index in [0.29, 0.717) is 31.4 Å². The second-order valence-electron chi connectivity index (χ2n) is 7.56. The molecule has 0 bridgehead atoms. The molecule has 2 saturated heterocycles. The molecule has 0 radical (unpaired) electrons. The summed E-state index contributed by atoms with van der Waals surface area (Å²) in [6.07, 6.45) is 1.97. The van der Waals surface area contributed by atoms with Gasteiger partial charge < -0.3 is 14.4 Å². The molecule has 29 heavy (non-hydrogen) atoms. The molecule has 152 valence electrons. The van der Waals surface area contributed by atoms with Gasteiger partial charge in [-0.15, -0.1) is 0 Å². The molecule has 0 N–H and O–H groups in total. The number of piperidine rings is 1. The number of rotatable bonds is 3. The van der Waals surface area contributed by atoms with Crippen LogP contribution in [0.4, 0.5) is 10.5 Å². The van der Waals surface area contributed by atoms with E-state index in [-0.39, 0.29) is 11.3 Å². The van der Waals surface area contributed by atoms with Crippen molar-refractivity contribution in [1.82, 2.24) is 4.90 Å². The normalized spacial score (nSPS) is 20.6. The van der Waals surface area contributed by atoms with Gasteiger partial charge in [0.1, 0.15) is 5.75 Å². The molecule has 0 saturated carbocycles. The number of hydrogen-bond acceptors (Lipinski definition) is 5. The zero-order chi connectivity index (χ0) is 20.4. The largest absolute Gasteiger partial charge is 0.415 e. The van der Waals surface area contributed by atoms with Gasteiger partial charge in [-0.3, -0.25) is 10.1 Å². The number of carbonyl (C=O) groups excluding carboxylic acids is 1. The number of non-ortho nitro benzene ring substituents is 1. The number of likely N-dealkylation sites (tertiary alicyclic amines) is 1. The number of ether oxygens (including phenoxy) is 2. The summed E-state index contributed by atoms with van der Waals surface area (Å²) in [4.78, 5) is 24.3. The molecule has 2 aliphatic rings. The van der Waals surface area contributed by atoms with Gasteiger partial charge in [0, 0.05) is 36.2 Å². The number of nitrogens with zero attached hydrogens (tertiary/aromatic N) is 2. The van der Waals surface area contributed by atoms with E-state index in [1.54, 1.807) is 4.90 Å². The highest BCUT2D eigenvalue weighted by molar-refractivity contribution is 6.30. The lowest BCUT2D eigenvalue weighted by atomic mass is 9.83. The summed E-state index contributed by atoms with van der Waals surface area (Å²) in [5.74, 6) is 0.603. The van der Waals surface area contributed by atoms with Crippen LogP contribution in [-0.4, -0.2) is 41.2 Å². The minimum absolute atomic E-state index is 0.0441. The Morgan fingerprint density at radius 1 is 1.21 bits per heavy atom. The van der Waals surface area contributed by atoms with Crippen LogP contribution in [0.1, 0.15) is 30.7 Å². The lowest BCUT2D eigenvalue weighted by molar-refractivity contribution is -0.384. The molecule has 7 nitrogen and oxygen atoms in total. The molecule has 1 unspecified atom stereocenters. The van der Waals surface area contributed by atoms with E-state index >= 15 is 0 Å². The van der Waals surface area contributed by atoms with Gasteiger partial charge in [-0.05, 0) is 49.1 Å². The van der Waals surface area contributed by atoms with Crippen LogP contribution in [0, 0.1) is 10.1 Å². The van der Waals surface area contributed by atoms with Crippen LogP contribution in [0.2, 0.25) is 5.02 Å². The summed E-state index contributed by atoms with van der Waals surface area (Å²) in [7, 11) is 0. The molecule has 2 heterocycles. The molecule has 1 amide bonds. The monoisotopic (exact) mass is 416 g/mol. The highest BCUT2D eigenvalue weighted by Crippen LogP contribution is 2.43. The summed E-state index contributed by atoms with van der Waals surface area (Å²) >= 11 is 6.11. The summed E-state index contributed by atoms with van der Waals surface area (Å²) < 4.78 is 11.5. The van der Waals surface area contributed by atoms with Crippen LogP contribution < -0.4 is 4.74 Å². The Morgan fingerprint density at radius 2 is 1.93 bits per heavy atom. The Kier molecular flexibility index (Phi) is 5.43. The second-order valence-corrected chi connectivity index (χ2v) is 7.99. The maximum Gasteiger partial charge on any atom is 0.415 e. The van der Waals surface area contributed by atoms with Crippen LogP contribution in [-0.2, 0) is 4.74 Å². The molecule has 2 aromatic carbocycles. The van der Waals surface area contributed by atoms with E-state index in [0.717, 1.165) is 24.3 Å². The third kappa shape index (κ3) is 4.36. The summed E-state index contributed by atoms with van der Waals surface area (Å²) in [5.41, 5.74) is 0.934. The van der Waals surface area contributed by atoms with Gasteiger partial charge in [-0.1, -0.05) is 23.7 Å². The number of nitro benzene ring substituents is 1. The van der Waals surface area contributed by atoms with Gasteiger partial charge in [-0.2, -0.15) is 0 Å². The number of carbonyl (C=O) groups is 1. The Balaban J connectivity index is 1.32. The van der Waals surface area contributed by atoms with Gasteiger partial charge >= 0.3 is 6.09 Å². The van der Waals surface area contributed by atoms with E-state index in [1.165, 1.54) is 29.8 Å². The molecule has 8 heteroatoms. The molecule has 4 rings (SSSR count). The molecule has 0 aromatic heterocycles. The lowest BCUT2D eigenvalue weighted by Gasteiger charge is -2.38. The molecular weight excluding hydrogens is 396 g/mol. The van der Waals surface area contributed by atoms with Gasteiger partial charge in [0.2, 0.25) is 0 Å². The average molecular weight is 417 g/mol. The van der Waals surface area contributed by atoms with Crippen molar-refractivity contribution in [2.75, 3.05) is 19.7 Å². The minimum atomic E-state index is -0.492. The fourth-order valence-electron chi connectivity index (χ4n) is 4.07. The van der Waals surface area contributed by atoms with Crippen molar-refractivity contribution in [3.05, 3.63) is 69.2 Å². The number of amides is 1. The quantitative estimate of drug-likeness (QED) is 0.531. The average Bonchev–Trinajstić information content (AvgIpc) is 3.12. The van der Waals surface area contributed by atoms with Crippen LogP contribution in [0.15, 0.2) is 48.5 Å². The fraction of sp³-hybridized carbons (Fsp3) is 0.381. The van der Waals surface area contributed by atoms with E-state index in [9.17, 15) is 14.9 Å². The number of nitro groups is 1. The van der Waals surface area contributed by atoms with Crippen molar-refractivity contribution < 1.29 is 19.2 Å². The third-order valence-electron chi connectivity index (χ3n) is 5.71. The predicted octanol–water partition coefficient (Wildman–Crippen LogP) is 4.79. The fourth-order valence-corrected chi connectivity index (χ4v) is 4.26. The molecule has 1 spiro atoms. The molecule has 1 atom stereocenters. The van der Waals surface area contributed by atoms with Crippen molar-refractivity contribution >= 4 is 23.4 Å². The first-order valence-electron chi connectivity index (χ1n) is 9.55. The predicted molar refractivity (Wildman–Crippen MR) is 107 cm³/mol. The second kappa shape index (κ2) is 8.00. The molecule has 2 aliphatic heterocycles. The topological polar surface area (TPSA) is 81.9 Å². The molecule has 2 fully saturated rings. The van der Waals surface area contributed by atoms with Crippen molar-refractivity contribution in [3.8, 4) is 5.75 Å². The standard InChI is InChI=1S/C21H21ClN2O5/c22-17-3-1-2-15(12-17)16-13-21(28-14-16)8-10-23(11-9-21)20(25)29-19-6-4-18(5-7-19)24(26)27/h1-7,12,16H,8-11,13-14H2. The first-order chi connectivity index (χ1) is 13.9. The highest BCUT2D eigenvalue weighted by atomic mass is 35.5. The van der Waals surface area contributed by atoms with E-state index < -0.39 is 11.0 Å². The van der Waals surface area contributed by atoms with Gasteiger partial charge in [0.25, 0.3) is 5.69 Å². The van der Waals surface area contributed by atoms with Gasteiger partial charge in [0.05, 0.1) is 17.1 Å². The Morgan fingerprint density at radius 3 is 2.59 bits per heavy atom. The van der Waals surface area contributed by atoms with Gasteiger partial charge in [0.15, 0.2) is 0 Å². The molecule has 0 aliphatic carbocycles. The molecular formula is C21H21ClN2O5. The smallest absolute Gasteiger partial charge is 0.410 e. The highest BCUT2D eigenvalue weighted by Gasteiger charge is 2.44. The molecule has 2 aromatic rings. The Bertz CT molecular complexity index is 910. The van der Waals surface area contributed by atoms with Crippen molar-refractivity contribution in [2.24, 2.45) is 0 Å². The van der Waals surface area contributed by atoms with Crippen molar-refractivity contribution in [1.29, 1.82) is 0 Å². The first-order valence-corrected chi connectivity index (χ1v) is 9.93. The van der Waals surface area contributed by atoms with E-state index in [2.05, 4.69) is 6.07 Å². The summed E-state index contributed by atoms with van der Waals surface area (Å²) in [5, 5.41) is 11.4. The Hall–Kier alpha value is -2.64. The van der Waals surface area contributed by atoms with Crippen LogP contribution in [0.3, 0.4) is 0 Å². The van der Waals surface area contributed by atoms with Crippen molar-refractivity contribution in [2.45, 2.75) is 30.8 Å². The number of halogens is 1. The maximum atomic E-state index is 12.4. The number of hydrogen-bond donors (Lipinski definition) is 0. The zero-order valence-electron chi connectivity index (χ0n) is 15.8. The lowest BCUT2D eigenvalue weighted by Crippen LogP contribution is -2.47. The minimum Gasteiger partial charge on any atom is -0.410 e. The third-order valence-corrected chi connectivity index (χ3v) is 5.95. The first kappa shape index (κ1) is 19.7.